The van der Waals surface area contributed by atoms with Gasteiger partial charge in [0.15, 0.2) is 0 Å². The van der Waals surface area contributed by atoms with Gasteiger partial charge >= 0.3 is 0 Å². The summed E-state index contributed by atoms with van der Waals surface area (Å²) >= 11 is 0. The van der Waals surface area contributed by atoms with E-state index < -0.39 is 0 Å². The zero-order chi connectivity index (χ0) is 75.3. The maximum absolute atomic E-state index is 8.21. The Balaban J connectivity index is 0.894. The predicted molar refractivity (Wildman–Crippen MR) is 475 cm³/mol. The van der Waals surface area contributed by atoms with E-state index in [-0.39, 0.29) is 24.3 Å². The molecule has 112 heavy (non-hydrogen) atoms. The highest BCUT2D eigenvalue weighted by atomic mass is 16.5. The number of nitrogens with zero attached hydrogens (tertiary/aromatic N) is 5. The van der Waals surface area contributed by atoms with E-state index in [1.165, 1.54) is 33.0 Å². The minimum absolute atomic E-state index is 0.0141. The van der Waals surface area contributed by atoms with Gasteiger partial charge in [0.2, 0.25) is 0 Å². The van der Waals surface area contributed by atoms with Crippen LogP contribution >= 0.6 is 0 Å². The third kappa shape index (κ3) is 11.5. The van der Waals surface area contributed by atoms with Gasteiger partial charge in [-0.3, -0.25) is 0 Å². The fourth-order valence-electron chi connectivity index (χ4n) is 17.9. The Labute approximate surface area is 658 Å². The molecular weight excluding hydrogens is 1360 g/mol. The van der Waals surface area contributed by atoms with Crippen LogP contribution in [-0.4, -0.2) is 13.4 Å². The van der Waals surface area contributed by atoms with Crippen molar-refractivity contribution in [3.05, 3.63) is 393 Å². The van der Waals surface area contributed by atoms with Gasteiger partial charge in [0.25, 0.3) is 13.4 Å². The van der Waals surface area contributed by atoms with Crippen molar-refractivity contribution in [1.29, 1.82) is 0 Å². The van der Waals surface area contributed by atoms with Crippen LogP contribution in [-0.2, 0) is 10.8 Å². The number of fused-ring (bicyclic) bond motifs is 8. The molecule has 0 saturated carbocycles. The highest BCUT2D eigenvalue weighted by Gasteiger charge is 2.49. The molecule has 4 heterocycles. The quantitative estimate of drug-likeness (QED) is 0.107. The van der Waals surface area contributed by atoms with Crippen LogP contribution in [0, 0.1) is 0 Å². The Morgan fingerprint density at radius 3 is 1.20 bits per heavy atom. The molecule has 0 radical (unpaired) electrons. The Morgan fingerprint density at radius 2 is 0.652 bits per heavy atom. The molecule has 20 rings (SSSR count). The fourth-order valence-corrected chi connectivity index (χ4v) is 17.9. The lowest BCUT2D eigenvalue weighted by molar-refractivity contribution is 0.488. The summed E-state index contributed by atoms with van der Waals surface area (Å²) in [5, 5.41) is 0. The molecule has 8 heteroatoms. The van der Waals surface area contributed by atoms with E-state index in [1.807, 2.05) is 0 Å². The van der Waals surface area contributed by atoms with Crippen LogP contribution in [0.5, 0.6) is 11.5 Å². The van der Waals surface area contributed by atoms with Crippen molar-refractivity contribution >= 4 is 132 Å². The number of anilines is 15. The molecule has 534 valence electrons. The van der Waals surface area contributed by atoms with E-state index in [4.69, 9.17) is 4.74 Å². The average molecular weight is 1440 g/mol. The summed E-state index contributed by atoms with van der Waals surface area (Å²) in [5.74, 6) is 1.58. The number of ether oxygens (including phenoxy) is 1. The van der Waals surface area contributed by atoms with Gasteiger partial charge in [-0.2, -0.15) is 0 Å². The van der Waals surface area contributed by atoms with Gasteiger partial charge in [0.1, 0.15) is 11.5 Å². The Hall–Kier alpha value is -13.6. The molecule has 4 aliphatic heterocycles. The number of hydrogen-bond acceptors (Lipinski definition) is 6. The summed E-state index contributed by atoms with van der Waals surface area (Å²) in [6.07, 6.45) is 0. The van der Waals surface area contributed by atoms with Crippen molar-refractivity contribution in [3.63, 3.8) is 0 Å². The van der Waals surface area contributed by atoms with Gasteiger partial charge < -0.3 is 29.2 Å². The van der Waals surface area contributed by atoms with E-state index in [0.717, 1.165) is 152 Å². The van der Waals surface area contributed by atoms with E-state index in [0.29, 0.717) is 0 Å². The molecule has 4 aliphatic rings. The molecule has 0 spiro atoms. The van der Waals surface area contributed by atoms with Crippen molar-refractivity contribution in [3.8, 4) is 56.0 Å². The van der Waals surface area contributed by atoms with Gasteiger partial charge in [0.05, 0.1) is 28.4 Å². The number of benzene rings is 16. The maximum atomic E-state index is 8.21. The first-order chi connectivity index (χ1) is 54.9. The van der Waals surface area contributed by atoms with Crippen LogP contribution in [0.25, 0.3) is 44.5 Å². The van der Waals surface area contributed by atoms with Gasteiger partial charge in [-0.1, -0.05) is 321 Å². The molecule has 0 unspecified atom stereocenters. The molecule has 16 aromatic carbocycles. The van der Waals surface area contributed by atoms with Gasteiger partial charge in [0, 0.05) is 91.3 Å². The Bertz CT molecular complexity index is 6170. The second kappa shape index (κ2) is 27.2. The summed E-state index contributed by atoms with van der Waals surface area (Å²) in [7, 11) is 0. The van der Waals surface area contributed by atoms with E-state index in [9.17, 15) is 0 Å². The minimum atomic E-state index is -0.296. The molecular formula is C104H81B2N5O. The van der Waals surface area contributed by atoms with Gasteiger partial charge in [-0.15, -0.1) is 0 Å². The molecule has 0 bridgehead atoms. The molecule has 0 atom stereocenters. The standard InChI is InChI=1S/C104H81B2N5O/c1-103(2,3)74-60-56-72(57-61-74)82-46-25-29-52-90(82)108(78-42-21-11-22-43-78)81-66-97-101-99(67-81)112-98-69-94-88(68-89(98)106(101)87-51-28-32-55-93(87)110(97)91-53-30-26-47-83(91)73-58-62-75(63-59-73)104(4,5)6)105-86-50-27-31-54-92(86)109(79-44-23-12-24-45-79)95-64-80(107(76-38-17-9-18-39-76)77-40-19-10-20-41-77)65-96(100(95)105)111(94)102-84(70-34-13-7-14-35-70)48-33-49-85(102)71-36-15-8-16-37-71/h7-69H,1-6H3. The zero-order valence-corrected chi connectivity index (χ0v) is 63.7. The third-order valence-electron chi connectivity index (χ3n) is 23.2. The lowest BCUT2D eigenvalue weighted by Crippen LogP contribution is -2.64. The number of hydrogen-bond donors (Lipinski definition) is 0. The predicted octanol–water partition coefficient (Wildman–Crippen LogP) is 24.4. The van der Waals surface area contributed by atoms with Crippen molar-refractivity contribution in [2.75, 3.05) is 24.5 Å². The van der Waals surface area contributed by atoms with Crippen LogP contribution in [0.4, 0.5) is 85.3 Å². The molecule has 0 aliphatic carbocycles. The van der Waals surface area contributed by atoms with Crippen molar-refractivity contribution in [2.24, 2.45) is 0 Å². The smallest absolute Gasteiger partial charge is 0.256 e. The Morgan fingerprint density at radius 1 is 0.250 bits per heavy atom. The SMILES string of the molecule is CC(C)(C)c1ccc(-c2ccccc2N(c2ccccc2)c2cc3c4c(c2)N(c2ccccc2-c2ccc(C(C)(C)C)cc2)c2ccccc2B4c2cc4c(cc2O3)N(c2c(-c3ccccc3)cccc2-c2ccccc2)c2cc(N(c3ccccc3)c3ccccc3)cc3c2B4c2ccccc2N3c2ccccc2)cc1. The van der Waals surface area contributed by atoms with Crippen LogP contribution in [0.1, 0.15) is 52.7 Å². The van der Waals surface area contributed by atoms with Crippen LogP contribution in [0.3, 0.4) is 0 Å². The van der Waals surface area contributed by atoms with Crippen LogP contribution in [0.2, 0.25) is 0 Å². The summed E-state index contributed by atoms with van der Waals surface area (Å²) in [6, 6.07) is 142. The van der Waals surface area contributed by atoms with Gasteiger partial charge in [-0.05, 0) is 168 Å². The first-order valence-corrected chi connectivity index (χ1v) is 39.1. The third-order valence-corrected chi connectivity index (χ3v) is 23.2. The number of rotatable bonds is 13. The summed E-state index contributed by atoms with van der Waals surface area (Å²) in [5.41, 5.74) is 34.3. The molecule has 0 aromatic heterocycles. The lowest BCUT2D eigenvalue weighted by Gasteiger charge is -2.46. The van der Waals surface area contributed by atoms with Crippen molar-refractivity contribution < 1.29 is 4.74 Å². The topological polar surface area (TPSA) is 25.4 Å². The van der Waals surface area contributed by atoms with Gasteiger partial charge in [-0.25, -0.2) is 0 Å². The molecule has 0 N–H and O–H groups in total. The van der Waals surface area contributed by atoms with E-state index >= 15 is 0 Å². The second-order valence-electron chi connectivity index (χ2n) is 32.0. The van der Waals surface area contributed by atoms with E-state index in [1.54, 1.807) is 0 Å². The molecule has 0 fully saturated rings. The summed E-state index contributed by atoms with van der Waals surface area (Å²) in [4.78, 5) is 12.6. The highest BCUT2D eigenvalue weighted by Crippen LogP contribution is 2.55. The number of para-hydroxylation sites is 9. The fraction of sp³-hybridized carbons (Fsp3) is 0.0769. The zero-order valence-electron chi connectivity index (χ0n) is 63.7. The molecule has 6 nitrogen and oxygen atoms in total. The summed E-state index contributed by atoms with van der Waals surface area (Å²) in [6.45, 7) is 13.2. The largest absolute Gasteiger partial charge is 0.458 e. The summed E-state index contributed by atoms with van der Waals surface area (Å²) < 4.78 is 8.21. The second-order valence-corrected chi connectivity index (χ2v) is 32.0. The molecule has 16 aromatic rings. The van der Waals surface area contributed by atoms with E-state index in [2.05, 4.69) is 448 Å². The Kier molecular flexibility index (Phi) is 16.5. The van der Waals surface area contributed by atoms with Crippen molar-refractivity contribution in [1.82, 2.24) is 0 Å². The molecule has 0 saturated heterocycles. The van der Waals surface area contributed by atoms with Crippen LogP contribution in [0.15, 0.2) is 382 Å². The van der Waals surface area contributed by atoms with Crippen molar-refractivity contribution in [2.45, 2.75) is 52.4 Å². The maximum Gasteiger partial charge on any atom is 0.256 e. The van der Waals surface area contributed by atoms with Crippen LogP contribution < -0.4 is 62.0 Å². The highest BCUT2D eigenvalue weighted by molar-refractivity contribution is 7.02. The first-order valence-electron chi connectivity index (χ1n) is 39.1. The average Bonchev–Trinajstić information content (AvgIpc) is 0.684. The lowest BCUT2D eigenvalue weighted by atomic mass is 9.30. The normalized spacial score (nSPS) is 12.9. The minimum Gasteiger partial charge on any atom is -0.458 e. The first kappa shape index (κ1) is 67.8. The molecule has 0 amide bonds. The monoisotopic (exact) mass is 1440 g/mol.